The number of carbonyl (C=O) groups is 3. The number of nitrogens with one attached hydrogen (secondary N) is 2. The van der Waals surface area contributed by atoms with E-state index in [4.69, 9.17) is 0 Å². The zero-order valence-electron chi connectivity index (χ0n) is 15.8. The molecule has 1 fully saturated rings. The molecule has 0 radical (unpaired) electrons. The van der Waals surface area contributed by atoms with E-state index >= 15 is 0 Å². The molecule has 2 heterocycles. The average molecular weight is 366 g/mol. The van der Waals surface area contributed by atoms with Crippen molar-refractivity contribution in [1.29, 1.82) is 0 Å². The zero-order valence-corrected chi connectivity index (χ0v) is 15.8. The Hall–Kier alpha value is -3.35. The molecular weight excluding hydrogens is 344 g/mol. The van der Waals surface area contributed by atoms with E-state index in [1.807, 2.05) is 50.6 Å². The number of amides is 4. The smallest absolute Gasteiger partial charge is 0.329 e. The predicted molar refractivity (Wildman–Crippen MR) is 103 cm³/mol. The molecule has 0 bridgehead atoms. The maximum atomic E-state index is 12.5. The van der Waals surface area contributed by atoms with Crippen molar-refractivity contribution < 1.29 is 14.4 Å². The third-order valence-corrected chi connectivity index (χ3v) is 4.71. The van der Waals surface area contributed by atoms with E-state index in [-0.39, 0.29) is 12.2 Å². The summed E-state index contributed by atoms with van der Waals surface area (Å²) in [6, 6.07) is 8.61. The second kappa shape index (κ2) is 7.11. The number of nitrogens with zero attached hydrogens (tertiary/aromatic N) is 2. The summed E-state index contributed by atoms with van der Waals surface area (Å²) in [7, 11) is 1.93. The first-order chi connectivity index (χ1) is 12.8. The lowest BCUT2D eigenvalue weighted by atomic mass is 10.2. The summed E-state index contributed by atoms with van der Waals surface area (Å²) in [5, 5.41) is 5.23. The van der Waals surface area contributed by atoms with E-state index in [1.165, 1.54) is 0 Å². The highest BCUT2D eigenvalue weighted by Gasteiger charge is 2.35. The molecule has 0 aliphatic carbocycles. The van der Waals surface area contributed by atoms with Crippen LogP contribution in [0.4, 0.5) is 10.5 Å². The average Bonchev–Trinajstić information content (AvgIpc) is 3.02. The minimum absolute atomic E-state index is 0.164. The number of hydrogen-bond donors (Lipinski definition) is 2. The van der Waals surface area contributed by atoms with E-state index in [2.05, 4.69) is 10.6 Å². The Kier molecular flexibility index (Phi) is 4.85. The Labute approximate surface area is 157 Å². The van der Waals surface area contributed by atoms with Crippen molar-refractivity contribution in [2.45, 2.75) is 20.8 Å². The van der Waals surface area contributed by atoms with Crippen molar-refractivity contribution in [3.8, 4) is 0 Å². The number of hydrogen-bond acceptors (Lipinski definition) is 3. The molecule has 1 saturated heterocycles. The van der Waals surface area contributed by atoms with Gasteiger partial charge in [0.2, 0.25) is 5.91 Å². The first-order valence-corrected chi connectivity index (χ1v) is 8.60. The summed E-state index contributed by atoms with van der Waals surface area (Å²) in [6.45, 7) is 5.50. The molecule has 0 unspecified atom stereocenters. The molecule has 2 N–H and O–H groups in total. The fourth-order valence-electron chi connectivity index (χ4n) is 2.88. The highest BCUT2D eigenvalue weighted by molar-refractivity contribution is 6.16. The van der Waals surface area contributed by atoms with E-state index < -0.39 is 17.8 Å². The Morgan fingerprint density at radius 2 is 1.81 bits per heavy atom. The van der Waals surface area contributed by atoms with Crippen molar-refractivity contribution in [2.24, 2.45) is 7.05 Å². The lowest BCUT2D eigenvalue weighted by Crippen LogP contribution is -2.38. The van der Waals surface area contributed by atoms with Crippen LogP contribution in [0.3, 0.4) is 0 Å². The molecular formula is C20H22N4O3. The van der Waals surface area contributed by atoms with Crippen molar-refractivity contribution in [1.82, 2.24) is 14.8 Å². The number of rotatable bonds is 4. The van der Waals surface area contributed by atoms with Crippen LogP contribution in [-0.2, 0) is 16.6 Å². The lowest BCUT2D eigenvalue weighted by Gasteiger charge is -2.12. The van der Waals surface area contributed by atoms with Crippen LogP contribution in [0, 0.1) is 20.8 Å². The van der Waals surface area contributed by atoms with Gasteiger partial charge in [-0.1, -0.05) is 17.7 Å². The lowest BCUT2D eigenvalue weighted by molar-refractivity contribution is -0.127. The fourth-order valence-corrected chi connectivity index (χ4v) is 2.88. The maximum Gasteiger partial charge on any atom is 0.329 e. The molecule has 3 rings (SSSR count). The second-order valence-electron chi connectivity index (χ2n) is 6.68. The molecule has 1 aliphatic heterocycles. The van der Waals surface area contributed by atoms with Crippen LogP contribution in [-0.4, -0.2) is 33.9 Å². The van der Waals surface area contributed by atoms with Crippen molar-refractivity contribution >= 4 is 29.6 Å². The van der Waals surface area contributed by atoms with Gasteiger partial charge in [0, 0.05) is 24.1 Å². The SMILES string of the molecule is Cc1ccc(NC(=O)CN2C(=O)N/C(=C\c3cc(C)n(C)c3C)C2=O)cc1. The first kappa shape index (κ1) is 18.4. The standard InChI is InChI=1S/C20H22N4O3/c1-12-5-7-16(8-6-12)21-18(25)11-24-19(26)17(22-20(24)27)10-15-9-13(2)23(4)14(15)3/h5-10H,11H2,1-4H3,(H,21,25)(H,22,27)/b17-10-. The molecule has 27 heavy (non-hydrogen) atoms. The predicted octanol–water partition coefficient (Wildman–Crippen LogP) is 2.48. The van der Waals surface area contributed by atoms with Gasteiger partial charge in [-0.15, -0.1) is 0 Å². The minimum atomic E-state index is -0.601. The molecule has 0 saturated carbocycles. The third-order valence-electron chi connectivity index (χ3n) is 4.71. The fraction of sp³-hybridized carbons (Fsp3) is 0.250. The van der Waals surface area contributed by atoms with Gasteiger partial charge in [0.15, 0.2) is 0 Å². The largest absolute Gasteiger partial charge is 0.352 e. The van der Waals surface area contributed by atoms with E-state index in [9.17, 15) is 14.4 Å². The Morgan fingerprint density at radius 3 is 2.41 bits per heavy atom. The van der Waals surface area contributed by atoms with Crippen LogP contribution < -0.4 is 10.6 Å². The second-order valence-corrected chi connectivity index (χ2v) is 6.68. The molecule has 4 amide bonds. The van der Waals surface area contributed by atoms with E-state index in [0.29, 0.717) is 5.69 Å². The highest BCUT2D eigenvalue weighted by Crippen LogP contribution is 2.19. The van der Waals surface area contributed by atoms with Crippen LogP contribution in [0.1, 0.15) is 22.5 Å². The molecule has 1 aromatic carbocycles. The van der Waals surface area contributed by atoms with Gasteiger partial charge in [-0.3, -0.25) is 9.59 Å². The van der Waals surface area contributed by atoms with Gasteiger partial charge in [0.1, 0.15) is 12.2 Å². The van der Waals surface area contributed by atoms with Crippen molar-refractivity contribution in [2.75, 3.05) is 11.9 Å². The molecule has 0 atom stereocenters. The van der Waals surface area contributed by atoms with Crippen LogP contribution in [0.15, 0.2) is 36.0 Å². The van der Waals surface area contributed by atoms with Gasteiger partial charge in [0.25, 0.3) is 5.91 Å². The minimum Gasteiger partial charge on any atom is -0.352 e. The van der Waals surface area contributed by atoms with Gasteiger partial charge >= 0.3 is 6.03 Å². The van der Waals surface area contributed by atoms with Gasteiger partial charge in [0.05, 0.1) is 0 Å². The van der Waals surface area contributed by atoms with Gasteiger partial charge in [-0.25, -0.2) is 9.69 Å². The van der Waals surface area contributed by atoms with Crippen LogP contribution in [0.2, 0.25) is 0 Å². The van der Waals surface area contributed by atoms with Crippen molar-refractivity contribution in [3.63, 3.8) is 0 Å². The number of anilines is 1. The number of aromatic nitrogens is 1. The van der Waals surface area contributed by atoms with Crippen LogP contribution in [0.25, 0.3) is 6.08 Å². The zero-order chi connectivity index (χ0) is 19.7. The monoisotopic (exact) mass is 366 g/mol. The molecule has 140 valence electrons. The number of imide groups is 1. The van der Waals surface area contributed by atoms with E-state index in [1.54, 1.807) is 18.2 Å². The first-order valence-electron chi connectivity index (χ1n) is 8.60. The summed E-state index contributed by atoms with van der Waals surface area (Å²) in [5.41, 5.74) is 4.73. The van der Waals surface area contributed by atoms with Gasteiger partial charge in [-0.05, 0) is 50.6 Å². The Balaban J connectivity index is 1.72. The summed E-state index contributed by atoms with van der Waals surface area (Å²) in [5.74, 6) is -0.949. The number of benzene rings is 1. The third kappa shape index (κ3) is 3.76. The summed E-state index contributed by atoms with van der Waals surface area (Å²) in [6.07, 6.45) is 1.64. The Bertz CT molecular complexity index is 954. The van der Waals surface area contributed by atoms with Crippen LogP contribution >= 0.6 is 0 Å². The Morgan fingerprint density at radius 1 is 1.15 bits per heavy atom. The topological polar surface area (TPSA) is 83.4 Å². The highest BCUT2D eigenvalue weighted by atomic mass is 16.2. The van der Waals surface area contributed by atoms with Gasteiger partial charge < -0.3 is 15.2 Å². The van der Waals surface area contributed by atoms with Gasteiger partial charge in [-0.2, -0.15) is 0 Å². The molecule has 7 heteroatoms. The number of urea groups is 1. The van der Waals surface area contributed by atoms with Crippen molar-refractivity contribution in [3.05, 3.63) is 58.5 Å². The normalized spacial score (nSPS) is 15.4. The summed E-state index contributed by atoms with van der Waals surface area (Å²) < 4.78 is 2.00. The number of aryl methyl sites for hydroxylation is 2. The molecule has 1 aliphatic rings. The summed E-state index contributed by atoms with van der Waals surface area (Å²) >= 11 is 0. The summed E-state index contributed by atoms with van der Waals surface area (Å²) in [4.78, 5) is 37.8. The molecule has 1 aromatic heterocycles. The molecule has 7 nitrogen and oxygen atoms in total. The van der Waals surface area contributed by atoms with Crippen LogP contribution in [0.5, 0.6) is 0 Å². The maximum absolute atomic E-state index is 12.5. The molecule has 0 spiro atoms. The van der Waals surface area contributed by atoms with E-state index in [0.717, 1.165) is 27.4 Å². The quantitative estimate of drug-likeness (QED) is 0.644. The molecule has 2 aromatic rings. The number of carbonyl (C=O) groups excluding carboxylic acids is 3.